The van der Waals surface area contributed by atoms with Gasteiger partial charge >= 0.3 is 0 Å². The molecule has 0 bridgehead atoms. The maximum absolute atomic E-state index is 11.5. The molecule has 13 heavy (non-hydrogen) atoms. The predicted molar refractivity (Wildman–Crippen MR) is 52.3 cm³/mol. The highest BCUT2D eigenvalue weighted by Gasteiger charge is 2.32. The zero-order valence-electron chi connectivity index (χ0n) is 8.38. The minimum Gasteiger partial charge on any atom is -0.353 e. The summed E-state index contributed by atoms with van der Waals surface area (Å²) >= 11 is 0. The first-order valence-electron chi connectivity index (χ1n) is 5.58. The normalized spacial score (nSPS) is 25.9. The lowest BCUT2D eigenvalue weighted by Gasteiger charge is -2.20. The maximum Gasteiger partial charge on any atom is 0.223 e. The molecule has 2 aliphatic carbocycles. The number of carbonyl (C=O) groups is 1. The van der Waals surface area contributed by atoms with Gasteiger partial charge in [0.25, 0.3) is 0 Å². The number of nitrogens with one attached hydrogen (secondary N) is 1. The Morgan fingerprint density at radius 2 is 1.85 bits per heavy atom. The topological polar surface area (TPSA) is 29.1 Å². The molecule has 2 saturated carbocycles. The summed E-state index contributed by atoms with van der Waals surface area (Å²) in [6.07, 6.45) is 7.56. The minimum absolute atomic E-state index is 0.305. The van der Waals surface area contributed by atoms with Crippen LogP contribution in [0.3, 0.4) is 0 Å². The van der Waals surface area contributed by atoms with Crippen LogP contribution in [-0.2, 0) is 4.79 Å². The lowest BCUT2D eigenvalue weighted by atomic mass is 10.00. The highest BCUT2D eigenvalue weighted by molar-refractivity contribution is 5.81. The van der Waals surface area contributed by atoms with Crippen LogP contribution in [0.25, 0.3) is 0 Å². The van der Waals surface area contributed by atoms with Gasteiger partial charge < -0.3 is 5.32 Å². The molecule has 0 aromatic rings. The maximum atomic E-state index is 11.5. The van der Waals surface area contributed by atoms with E-state index in [1.165, 1.54) is 25.7 Å². The smallest absolute Gasteiger partial charge is 0.223 e. The van der Waals surface area contributed by atoms with Crippen LogP contribution in [0.5, 0.6) is 0 Å². The fraction of sp³-hybridized carbons (Fsp3) is 0.909. The highest BCUT2D eigenvalue weighted by Crippen LogP contribution is 2.31. The average Bonchev–Trinajstić information content (AvgIpc) is 2.81. The quantitative estimate of drug-likeness (QED) is 0.709. The molecule has 0 aliphatic heterocycles. The molecule has 2 heteroatoms. The van der Waals surface area contributed by atoms with Crippen molar-refractivity contribution in [3.8, 4) is 0 Å². The molecule has 2 fully saturated rings. The van der Waals surface area contributed by atoms with Crippen LogP contribution in [0.4, 0.5) is 0 Å². The molecule has 1 amide bonds. The molecule has 0 heterocycles. The van der Waals surface area contributed by atoms with Crippen molar-refractivity contribution in [2.75, 3.05) is 0 Å². The van der Waals surface area contributed by atoms with E-state index in [1.54, 1.807) is 0 Å². The van der Waals surface area contributed by atoms with Crippen molar-refractivity contribution in [2.24, 2.45) is 11.8 Å². The molecule has 0 radical (unpaired) electrons. The first-order valence-corrected chi connectivity index (χ1v) is 5.58. The third-order valence-electron chi connectivity index (χ3n) is 3.43. The van der Waals surface area contributed by atoms with E-state index in [1.807, 2.05) is 0 Å². The SMILES string of the molecule is CC(NC(=O)C1CC1)C1CCCC1. The Kier molecular flexibility index (Phi) is 2.56. The van der Waals surface area contributed by atoms with E-state index in [0.717, 1.165) is 18.8 Å². The van der Waals surface area contributed by atoms with Gasteiger partial charge in [0.1, 0.15) is 0 Å². The van der Waals surface area contributed by atoms with Crippen molar-refractivity contribution in [3.05, 3.63) is 0 Å². The van der Waals surface area contributed by atoms with E-state index < -0.39 is 0 Å². The second-order valence-corrected chi connectivity index (χ2v) is 4.62. The Hall–Kier alpha value is -0.530. The Bertz CT molecular complexity index is 192. The van der Waals surface area contributed by atoms with Crippen LogP contribution >= 0.6 is 0 Å². The summed E-state index contributed by atoms with van der Waals surface area (Å²) in [4.78, 5) is 11.5. The van der Waals surface area contributed by atoms with E-state index in [9.17, 15) is 4.79 Å². The summed E-state index contributed by atoms with van der Waals surface area (Å²) in [5, 5.41) is 3.14. The first kappa shape index (κ1) is 9.04. The molecule has 2 aliphatic rings. The van der Waals surface area contributed by atoms with Crippen LogP contribution in [-0.4, -0.2) is 11.9 Å². The zero-order valence-corrected chi connectivity index (χ0v) is 8.38. The predicted octanol–water partition coefficient (Wildman–Crippen LogP) is 2.09. The van der Waals surface area contributed by atoms with Gasteiger partial charge in [-0.25, -0.2) is 0 Å². The van der Waals surface area contributed by atoms with Gasteiger partial charge in [-0.05, 0) is 38.5 Å². The standard InChI is InChI=1S/C11H19NO/c1-8(9-4-2-3-5-9)12-11(13)10-6-7-10/h8-10H,2-7H2,1H3,(H,12,13). The van der Waals surface area contributed by atoms with Crippen LogP contribution in [0.1, 0.15) is 45.4 Å². The lowest BCUT2D eigenvalue weighted by molar-refractivity contribution is -0.123. The number of rotatable bonds is 3. The van der Waals surface area contributed by atoms with Gasteiger partial charge in [-0.15, -0.1) is 0 Å². The van der Waals surface area contributed by atoms with E-state index in [2.05, 4.69) is 12.2 Å². The highest BCUT2D eigenvalue weighted by atomic mass is 16.2. The van der Waals surface area contributed by atoms with Crippen LogP contribution in [0.15, 0.2) is 0 Å². The van der Waals surface area contributed by atoms with Crippen molar-refractivity contribution in [3.63, 3.8) is 0 Å². The van der Waals surface area contributed by atoms with Crippen molar-refractivity contribution in [1.29, 1.82) is 0 Å². The Morgan fingerprint density at radius 3 is 2.38 bits per heavy atom. The number of carbonyl (C=O) groups excluding carboxylic acids is 1. The lowest BCUT2D eigenvalue weighted by Crippen LogP contribution is -2.38. The third kappa shape index (κ3) is 2.23. The fourth-order valence-corrected chi connectivity index (χ4v) is 2.26. The molecule has 2 rings (SSSR count). The molecule has 0 aromatic carbocycles. The summed E-state index contributed by atoms with van der Waals surface area (Å²) in [5.41, 5.74) is 0. The van der Waals surface area contributed by atoms with Crippen molar-refractivity contribution in [1.82, 2.24) is 5.32 Å². The molecule has 0 saturated heterocycles. The summed E-state index contributed by atoms with van der Waals surface area (Å²) in [7, 11) is 0. The van der Waals surface area contributed by atoms with Gasteiger partial charge in [-0.3, -0.25) is 4.79 Å². The molecule has 1 N–H and O–H groups in total. The van der Waals surface area contributed by atoms with Gasteiger partial charge in [0.05, 0.1) is 0 Å². The second kappa shape index (κ2) is 3.69. The Labute approximate surface area is 80.1 Å². The van der Waals surface area contributed by atoms with Crippen LogP contribution < -0.4 is 5.32 Å². The molecular weight excluding hydrogens is 162 g/mol. The summed E-state index contributed by atoms with van der Waals surface area (Å²) in [6, 6.07) is 0.413. The van der Waals surface area contributed by atoms with Gasteiger partial charge in [0, 0.05) is 12.0 Å². The van der Waals surface area contributed by atoms with E-state index >= 15 is 0 Å². The summed E-state index contributed by atoms with van der Waals surface area (Å²) < 4.78 is 0. The number of hydrogen-bond acceptors (Lipinski definition) is 1. The van der Waals surface area contributed by atoms with Gasteiger partial charge in [-0.2, -0.15) is 0 Å². The van der Waals surface area contributed by atoms with E-state index in [-0.39, 0.29) is 0 Å². The van der Waals surface area contributed by atoms with Crippen LogP contribution in [0.2, 0.25) is 0 Å². The molecule has 0 aromatic heterocycles. The zero-order chi connectivity index (χ0) is 9.26. The molecular formula is C11H19NO. The number of amides is 1. The van der Waals surface area contributed by atoms with Gasteiger partial charge in [-0.1, -0.05) is 12.8 Å². The fourth-order valence-electron chi connectivity index (χ4n) is 2.26. The molecule has 1 unspecified atom stereocenters. The van der Waals surface area contributed by atoms with Crippen molar-refractivity contribution < 1.29 is 4.79 Å². The van der Waals surface area contributed by atoms with E-state index in [4.69, 9.17) is 0 Å². The molecule has 1 atom stereocenters. The molecule has 2 nitrogen and oxygen atoms in total. The molecule has 74 valence electrons. The second-order valence-electron chi connectivity index (χ2n) is 4.62. The van der Waals surface area contributed by atoms with Gasteiger partial charge in [0.15, 0.2) is 0 Å². The number of hydrogen-bond donors (Lipinski definition) is 1. The Balaban J connectivity index is 1.75. The molecule has 0 spiro atoms. The average molecular weight is 181 g/mol. The summed E-state index contributed by atoms with van der Waals surface area (Å²) in [5.74, 6) is 1.42. The third-order valence-corrected chi connectivity index (χ3v) is 3.43. The first-order chi connectivity index (χ1) is 6.27. The minimum atomic E-state index is 0.305. The summed E-state index contributed by atoms with van der Waals surface area (Å²) in [6.45, 7) is 2.16. The van der Waals surface area contributed by atoms with E-state index in [0.29, 0.717) is 17.9 Å². The van der Waals surface area contributed by atoms with Crippen molar-refractivity contribution >= 4 is 5.91 Å². The van der Waals surface area contributed by atoms with Crippen LogP contribution in [0, 0.1) is 11.8 Å². The Morgan fingerprint density at radius 1 is 1.23 bits per heavy atom. The van der Waals surface area contributed by atoms with Gasteiger partial charge in [0.2, 0.25) is 5.91 Å². The monoisotopic (exact) mass is 181 g/mol. The van der Waals surface area contributed by atoms with Crippen molar-refractivity contribution in [2.45, 2.75) is 51.5 Å². The largest absolute Gasteiger partial charge is 0.353 e.